The number of benzene rings is 6. The normalized spacial score (nSPS) is 14.3. The zero-order chi connectivity index (χ0) is 34.7. The lowest BCUT2D eigenvalue weighted by Crippen LogP contribution is -2.29. The molecule has 2 aromatic heterocycles. The van der Waals surface area contributed by atoms with Gasteiger partial charge in [-0.3, -0.25) is 0 Å². The lowest BCUT2D eigenvalue weighted by Gasteiger charge is -2.28. The first-order valence-electron chi connectivity index (χ1n) is 17.4. The molecule has 0 saturated carbocycles. The smallest absolute Gasteiger partial charge is 0.227 e. The zero-order valence-electron chi connectivity index (χ0n) is 29.1. The maximum Gasteiger partial charge on any atom is 0.227 e. The van der Waals surface area contributed by atoms with Gasteiger partial charge in [0.25, 0.3) is 0 Å². The highest BCUT2D eigenvalue weighted by Crippen LogP contribution is 2.57. The number of oxazole rings is 2. The van der Waals surface area contributed by atoms with Crippen LogP contribution in [0.5, 0.6) is 0 Å². The molecule has 3 heterocycles. The van der Waals surface area contributed by atoms with Crippen LogP contribution in [-0.2, 0) is 0 Å². The van der Waals surface area contributed by atoms with Crippen molar-refractivity contribution in [2.45, 2.75) is 26.9 Å². The lowest BCUT2D eigenvalue weighted by molar-refractivity contribution is 0.619. The van der Waals surface area contributed by atoms with Crippen molar-refractivity contribution < 1.29 is 8.83 Å². The summed E-state index contributed by atoms with van der Waals surface area (Å²) in [5.74, 6) is 1.26. The number of fused-ring (bicyclic) bond motifs is 2. The van der Waals surface area contributed by atoms with Crippen molar-refractivity contribution in [2.75, 3.05) is 0 Å². The first-order chi connectivity index (χ1) is 24.9. The van der Waals surface area contributed by atoms with Crippen LogP contribution in [-0.4, -0.2) is 18.0 Å². The third kappa shape index (κ3) is 5.20. The zero-order valence-corrected chi connectivity index (χ0v) is 30.1. The maximum atomic E-state index is 6.50. The predicted molar refractivity (Wildman–Crippen MR) is 212 cm³/mol. The van der Waals surface area contributed by atoms with Gasteiger partial charge in [-0.25, -0.2) is 9.97 Å². The average molecular weight is 677 g/mol. The molecule has 0 bridgehead atoms. The molecule has 0 radical (unpaired) electrons. The van der Waals surface area contributed by atoms with Crippen molar-refractivity contribution >= 4 is 51.8 Å². The molecule has 4 nitrogen and oxygen atoms in total. The summed E-state index contributed by atoms with van der Waals surface area (Å²) in [5.41, 5.74) is 14.8. The van der Waals surface area contributed by atoms with E-state index in [2.05, 4.69) is 160 Å². The van der Waals surface area contributed by atoms with Gasteiger partial charge < -0.3 is 8.83 Å². The molecule has 0 atom stereocenters. The summed E-state index contributed by atoms with van der Waals surface area (Å²) in [7, 11) is -2.58. The second-order valence-corrected chi connectivity index (χ2v) is 18.2. The molecule has 0 aliphatic carbocycles. The molecule has 1 aliphatic rings. The number of hydrogen-bond acceptors (Lipinski definition) is 4. The van der Waals surface area contributed by atoms with Crippen LogP contribution in [0.1, 0.15) is 33.4 Å². The molecular weight excluding hydrogens is 641 g/mol. The fourth-order valence-corrected chi connectivity index (χ4v) is 11.6. The highest BCUT2D eigenvalue weighted by atomic mass is 28.3. The Morgan fingerprint density at radius 2 is 0.804 bits per heavy atom. The van der Waals surface area contributed by atoms with E-state index in [1.165, 1.54) is 32.7 Å². The monoisotopic (exact) mass is 676 g/mol. The molecule has 9 rings (SSSR count). The Kier molecular flexibility index (Phi) is 7.33. The molecule has 51 heavy (non-hydrogen) atoms. The van der Waals surface area contributed by atoms with Gasteiger partial charge in [0.05, 0.1) is 0 Å². The molecule has 0 amide bonds. The van der Waals surface area contributed by atoms with E-state index in [0.717, 1.165) is 55.6 Å². The number of hydrogen-bond donors (Lipinski definition) is 0. The van der Waals surface area contributed by atoms with E-state index in [1.807, 2.05) is 12.1 Å². The number of nitrogens with zero attached hydrogens (tertiary/aromatic N) is 2. The molecule has 0 saturated heterocycles. The minimum Gasteiger partial charge on any atom is -0.436 e. The van der Waals surface area contributed by atoms with E-state index in [4.69, 9.17) is 18.8 Å². The SMILES string of the molecule is Cc1ccc2oc(-c3ccccc3C3=C(c4ccccc4)C(c4ccccc4)=C(c4ccccc4-c4nc5cc(C)ccc5o4)[Si]3(C)C)nc2c1. The average Bonchev–Trinajstić information content (AvgIpc) is 3.83. The maximum absolute atomic E-state index is 6.50. The van der Waals surface area contributed by atoms with Crippen molar-refractivity contribution in [1.82, 2.24) is 9.97 Å². The van der Waals surface area contributed by atoms with Crippen LogP contribution in [0.15, 0.2) is 154 Å². The van der Waals surface area contributed by atoms with Gasteiger partial charge in [-0.15, -0.1) is 0 Å². The van der Waals surface area contributed by atoms with Gasteiger partial charge in [-0.05, 0) is 105 Å². The van der Waals surface area contributed by atoms with Crippen molar-refractivity contribution in [1.29, 1.82) is 0 Å². The first-order valence-corrected chi connectivity index (χ1v) is 20.4. The largest absolute Gasteiger partial charge is 0.436 e. The summed E-state index contributed by atoms with van der Waals surface area (Å²) < 4.78 is 13.0. The fraction of sp³-hybridized carbons (Fsp3) is 0.0870. The number of aromatic nitrogens is 2. The lowest BCUT2D eigenvalue weighted by atomic mass is 9.88. The van der Waals surface area contributed by atoms with E-state index in [0.29, 0.717) is 11.8 Å². The van der Waals surface area contributed by atoms with E-state index in [-0.39, 0.29) is 0 Å². The van der Waals surface area contributed by atoms with E-state index in [1.54, 1.807) is 0 Å². The standard InChI is InChI=1S/C46H36N2O2Si/c1-29-23-25-39-37(27-29)47-45(49-39)35-21-13-11-19-33(35)43-41(31-15-7-5-8-16-31)42(32-17-9-6-10-18-32)44(51(43,3)4)34-20-12-14-22-36(34)46-48-38-28-30(2)24-26-40(38)50-46/h5-28H,1-4H3. The van der Waals surface area contributed by atoms with Crippen LogP contribution in [0, 0.1) is 13.8 Å². The minimum atomic E-state index is -2.58. The quantitative estimate of drug-likeness (QED) is 0.165. The summed E-state index contributed by atoms with van der Waals surface area (Å²) >= 11 is 0. The van der Waals surface area contributed by atoms with Crippen LogP contribution in [0.25, 0.3) is 66.6 Å². The van der Waals surface area contributed by atoms with Crippen molar-refractivity contribution in [2.24, 2.45) is 0 Å². The predicted octanol–water partition coefficient (Wildman–Crippen LogP) is 12.2. The molecule has 1 aliphatic heterocycles. The molecule has 8 aromatic rings. The third-order valence-corrected chi connectivity index (χ3v) is 13.6. The molecular formula is C46H36N2O2Si. The molecule has 0 unspecified atom stereocenters. The van der Waals surface area contributed by atoms with Crippen molar-refractivity contribution in [3.63, 3.8) is 0 Å². The fourth-order valence-electron chi connectivity index (χ4n) is 7.81. The third-order valence-electron chi connectivity index (χ3n) is 10.1. The summed E-state index contributed by atoms with van der Waals surface area (Å²) in [4.78, 5) is 10.1. The van der Waals surface area contributed by atoms with Crippen molar-refractivity contribution in [3.8, 4) is 22.9 Å². The highest BCUT2D eigenvalue weighted by Gasteiger charge is 2.45. The van der Waals surface area contributed by atoms with Gasteiger partial charge in [0, 0.05) is 11.1 Å². The molecule has 0 spiro atoms. The van der Waals surface area contributed by atoms with Crippen LogP contribution < -0.4 is 0 Å². The van der Waals surface area contributed by atoms with E-state index < -0.39 is 8.07 Å². The van der Waals surface area contributed by atoms with Gasteiger partial charge in [0.2, 0.25) is 11.8 Å². The van der Waals surface area contributed by atoms with E-state index in [9.17, 15) is 0 Å². The van der Waals surface area contributed by atoms with Crippen molar-refractivity contribution in [3.05, 3.63) is 179 Å². The Hall–Kier alpha value is -6.04. The Bertz CT molecular complexity index is 2490. The summed E-state index contributed by atoms with van der Waals surface area (Å²) in [6.07, 6.45) is 0. The second-order valence-electron chi connectivity index (χ2n) is 13.9. The summed E-state index contributed by atoms with van der Waals surface area (Å²) in [6, 6.07) is 51.3. The van der Waals surface area contributed by atoms with E-state index >= 15 is 0 Å². The van der Waals surface area contributed by atoms with Gasteiger partial charge in [0.15, 0.2) is 11.2 Å². The summed E-state index contributed by atoms with van der Waals surface area (Å²) in [5, 5.41) is 2.69. The number of allylic oxidation sites excluding steroid dienone is 2. The second kappa shape index (κ2) is 12.1. The Morgan fingerprint density at radius 1 is 0.431 bits per heavy atom. The Balaban J connectivity index is 1.35. The molecule has 5 heteroatoms. The van der Waals surface area contributed by atoms with Crippen LogP contribution in [0.3, 0.4) is 0 Å². The highest BCUT2D eigenvalue weighted by molar-refractivity contribution is 7.13. The summed E-state index contributed by atoms with van der Waals surface area (Å²) in [6.45, 7) is 9.14. The Morgan fingerprint density at radius 3 is 1.22 bits per heavy atom. The molecule has 246 valence electrons. The number of rotatable bonds is 6. The van der Waals surface area contributed by atoms with Crippen LogP contribution in [0.4, 0.5) is 0 Å². The first kappa shape index (κ1) is 31.0. The topological polar surface area (TPSA) is 52.1 Å². The Labute approximate surface area is 298 Å². The van der Waals surface area contributed by atoms with Gasteiger partial charge in [-0.1, -0.05) is 122 Å². The van der Waals surface area contributed by atoms with Crippen LogP contribution in [0.2, 0.25) is 13.1 Å². The molecule has 0 N–H and O–H groups in total. The molecule has 0 fully saturated rings. The van der Waals surface area contributed by atoms with Gasteiger partial charge in [0.1, 0.15) is 19.1 Å². The molecule has 6 aromatic carbocycles. The minimum absolute atomic E-state index is 0.632. The number of aryl methyl sites for hydroxylation is 2. The van der Waals surface area contributed by atoms with Gasteiger partial charge >= 0.3 is 0 Å². The van der Waals surface area contributed by atoms with Crippen LogP contribution >= 0.6 is 0 Å². The van der Waals surface area contributed by atoms with Gasteiger partial charge in [-0.2, -0.15) is 0 Å².